The van der Waals surface area contributed by atoms with Crippen molar-refractivity contribution in [3.63, 3.8) is 0 Å². The summed E-state index contributed by atoms with van der Waals surface area (Å²) in [7, 11) is 1.55. The van der Waals surface area contributed by atoms with Crippen LogP contribution in [0.1, 0.15) is 11.6 Å². The largest absolute Gasteiger partial charge is 0.377 e. The molecule has 0 fully saturated rings. The van der Waals surface area contributed by atoms with Gasteiger partial charge in [0.25, 0.3) is 5.56 Å². The highest BCUT2D eigenvalue weighted by Crippen LogP contribution is 2.27. The summed E-state index contributed by atoms with van der Waals surface area (Å²) in [5.41, 5.74) is 3.25. The van der Waals surface area contributed by atoms with Gasteiger partial charge < -0.3 is 9.72 Å². The highest BCUT2D eigenvalue weighted by molar-refractivity contribution is 6.31. The van der Waals surface area contributed by atoms with E-state index in [0.717, 1.165) is 11.3 Å². The number of tetrazole rings is 1. The molecule has 0 spiro atoms. The van der Waals surface area contributed by atoms with Gasteiger partial charge in [0, 0.05) is 23.8 Å². The Morgan fingerprint density at radius 1 is 1.18 bits per heavy atom. The fraction of sp³-hybridized carbons (Fsp3) is 0.130. The number of methoxy groups -OCH3 is 1. The summed E-state index contributed by atoms with van der Waals surface area (Å²) in [5, 5.41) is 11.8. The molecule has 0 unspecified atom stereocenters. The van der Waals surface area contributed by atoms with Gasteiger partial charge in [-0.3, -0.25) is 9.36 Å². The van der Waals surface area contributed by atoms with Gasteiger partial charge in [0.05, 0.1) is 29.8 Å². The number of imidazole rings is 1. The lowest BCUT2D eigenvalue weighted by Gasteiger charge is -2.14. The van der Waals surface area contributed by atoms with Gasteiger partial charge in [0.15, 0.2) is 0 Å². The van der Waals surface area contributed by atoms with E-state index in [1.165, 1.54) is 21.6 Å². The molecule has 0 amide bonds. The normalized spacial score (nSPS) is 11.1. The number of benzene rings is 2. The average Bonchev–Trinajstić information content (AvgIpc) is 3.54. The number of nitrogens with zero attached hydrogens (tertiary/aromatic N) is 7. The molecular weight excluding hydrogens is 456 g/mol. The van der Waals surface area contributed by atoms with Gasteiger partial charge in [-0.15, -0.1) is 5.10 Å². The van der Waals surface area contributed by atoms with Crippen LogP contribution < -0.4 is 5.56 Å². The minimum Gasteiger partial charge on any atom is -0.377 e. The van der Waals surface area contributed by atoms with E-state index in [9.17, 15) is 4.79 Å². The third-order valence-corrected chi connectivity index (χ3v) is 5.39. The fourth-order valence-electron chi connectivity index (χ4n) is 3.59. The molecule has 0 aliphatic heterocycles. The number of aromatic nitrogens is 8. The smallest absolute Gasteiger partial charge is 0.254 e. The Bertz CT molecular complexity index is 1480. The molecule has 0 aliphatic carbocycles. The Balaban J connectivity index is 1.54. The van der Waals surface area contributed by atoms with Crippen molar-refractivity contribution >= 4 is 11.6 Å². The van der Waals surface area contributed by atoms with Crippen LogP contribution in [-0.4, -0.2) is 46.8 Å². The Labute approximate surface area is 198 Å². The quantitative estimate of drug-likeness (QED) is 0.386. The molecule has 34 heavy (non-hydrogen) atoms. The third-order valence-electron chi connectivity index (χ3n) is 5.16. The van der Waals surface area contributed by atoms with Crippen LogP contribution >= 0.6 is 11.6 Å². The van der Waals surface area contributed by atoms with Gasteiger partial charge >= 0.3 is 0 Å². The molecular formula is C23H18ClN8O2. The van der Waals surface area contributed by atoms with E-state index in [0.29, 0.717) is 33.6 Å². The molecule has 0 bridgehead atoms. The number of nitrogens with one attached hydrogen (secondary N) is 1. The first kappa shape index (κ1) is 21.7. The van der Waals surface area contributed by atoms with E-state index < -0.39 is 0 Å². The molecule has 1 radical (unpaired) electrons. The van der Waals surface area contributed by atoms with E-state index in [1.54, 1.807) is 31.5 Å². The lowest BCUT2D eigenvalue weighted by atomic mass is 10.1. The zero-order valence-electron chi connectivity index (χ0n) is 18.0. The van der Waals surface area contributed by atoms with Crippen molar-refractivity contribution in [2.24, 2.45) is 0 Å². The van der Waals surface area contributed by atoms with Crippen LogP contribution in [0.3, 0.4) is 0 Å². The number of hydrogen-bond donors (Lipinski definition) is 1. The number of ether oxygens (including phenoxy) is 1. The molecule has 0 saturated carbocycles. The summed E-state index contributed by atoms with van der Waals surface area (Å²) in [4.78, 5) is 25.6. The first-order chi connectivity index (χ1) is 16.6. The molecule has 10 nitrogen and oxygen atoms in total. The van der Waals surface area contributed by atoms with E-state index >= 15 is 0 Å². The standard InChI is InChI=1S/C23H18ClN8O2/c1-34-13-22-28-18(17-9-16(24)7-8-20(17)32-14-26-29-30-32)10-23(33)31(22)12-21-25-11-19(27-21)15-5-3-2-4-6-15/h3-11,14H,12-13H2,1H3,(H,25,27). The van der Waals surface area contributed by atoms with Crippen LogP contribution in [-0.2, 0) is 17.9 Å². The molecule has 11 heteroatoms. The van der Waals surface area contributed by atoms with E-state index in [4.69, 9.17) is 21.3 Å². The first-order valence-corrected chi connectivity index (χ1v) is 10.6. The monoisotopic (exact) mass is 473 g/mol. The predicted octanol–water partition coefficient (Wildman–Crippen LogP) is 2.92. The Hall–Kier alpha value is -4.15. The maximum absolute atomic E-state index is 13.2. The maximum Gasteiger partial charge on any atom is 0.254 e. The van der Waals surface area contributed by atoms with E-state index in [-0.39, 0.29) is 18.7 Å². The zero-order chi connectivity index (χ0) is 23.5. The highest BCUT2D eigenvalue weighted by atomic mass is 35.5. The van der Waals surface area contributed by atoms with Crippen molar-refractivity contribution < 1.29 is 4.74 Å². The zero-order valence-corrected chi connectivity index (χ0v) is 18.8. The lowest BCUT2D eigenvalue weighted by Crippen LogP contribution is -2.26. The molecule has 0 aliphatic rings. The van der Waals surface area contributed by atoms with Gasteiger partial charge in [-0.25, -0.2) is 9.97 Å². The van der Waals surface area contributed by atoms with Crippen molar-refractivity contribution in [2.75, 3.05) is 7.11 Å². The molecule has 3 aromatic heterocycles. The molecule has 3 heterocycles. The minimum absolute atomic E-state index is 0.131. The van der Waals surface area contributed by atoms with E-state index in [1.807, 2.05) is 24.3 Å². The second-order valence-electron chi connectivity index (χ2n) is 7.36. The average molecular weight is 474 g/mol. The number of aromatic amines is 1. The summed E-state index contributed by atoms with van der Waals surface area (Å²) in [5.74, 6) is 1.06. The van der Waals surface area contributed by atoms with Crippen molar-refractivity contribution in [1.29, 1.82) is 0 Å². The van der Waals surface area contributed by atoms with Crippen LogP contribution in [0.5, 0.6) is 0 Å². The molecule has 5 aromatic rings. The SMILES string of the molecule is COCc1nc(-c2cc(Cl)ccc2-n2cnnn2)cc(=O)n1Cc1ncc(-c2cc[c]cc2)[nH]1. The third kappa shape index (κ3) is 4.36. The van der Waals surface area contributed by atoms with Gasteiger partial charge in [0.1, 0.15) is 24.6 Å². The van der Waals surface area contributed by atoms with Crippen molar-refractivity contribution in [2.45, 2.75) is 13.2 Å². The van der Waals surface area contributed by atoms with Gasteiger partial charge in [-0.1, -0.05) is 35.9 Å². The minimum atomic E-state index is -0.257. The first-order valence-electron chi connectivity index (χ1n) is 10.3. The summed E-state index contributed by atoms with van der Waals surface area (Å²) in [6.45, 7) is 0.338. The van der Waals surface area contributed by atoms with Crippen molar-refractivity contribution in [3.8, 4) is 28.2 Å². The fourth-order valence-corrected chi connectivity index (χ4v) is 3.76. The van der Waals surface area contributed by atoms with Gasteiger partial charge in [0.2, 0.25) is 0 Å². The van der Waals surface area contributed by atoms with Gasteiger partial charge in [-0.2, -0.15) is 4.68 Å². The molecule has 1 N–H and O–H groups in total. The molecule has 5 rings (SSSR count). The van der Waals surface area contributed by atoms with Crippen molar-refractivity contribution in [3.05, 3.63) is 94.1 Å². The van der Waals surface area contributed by atoms with Crippen LogP contribution in [0.2, 0.25) is 5.02 Å². The molecule has 2 aromatic carbocycles. The lowest BCUT2D eigenvalue weighted by molar-refractivity contribution is 0.173. The van der Waals surface area contributed by atoms with Gasteiger partial charge in [-0.05, 0) is 40.3 Å². The van der Waals surface area contributed by atoms with Crippen LogP contribution in [0.15, 0.2) is 65.8 Å². The Morgan fingerprint density at radius 2 is 2.03 bits per heavy atom. The molecule has 0 atom stereocenters. The summed E-state index contributed by atoms with van der Waals surface area (Å²) in [6, 6.07) is 17.2. The number of rotatable bonds is 7. The maximum atomic E-state index is 13.2. The predicted molar refractivity (Wildman–Crippen MR) is 124 cm³/mol. The van der Waals surface area contributed by atoms with E-state index in [2.05, 4.69) is 31.6 Å². The second kappa shape index (κ2) is 9.38. The molecule has 0 saturated heterocycles. The number of H-pyrrole nitrogens is 1. The Morgan fingerprint density at radius 3 is 2.79 bits per heavy atom. The molecule has 169 valence electrons. The summed E-state index contributed by atoms with van der Waals surface area (Å²) >= 11 is 6.25. The van der Waals surface area contributed by atoms with Crippen LogP contribution in [0, 0.1) is 6.07 Å². The van der Waals surface area contributed by atoms with Crippen molar-refractivity contribution in [1.82, 2.24) is 39.7 Å². The summed E-state index contributed by atoms with van der Waals surface area (Å²) < 4.78 is 8.34. The Kier molecular flexibility index (Phi) is 5.98. The highest BCUT2D eigenvalue weighted by Gasteiger charge is 2.16. The number of halogens is 1. The topological polar surface area (TPSA) is 116 Å². The second-order valence-corrected chi connectivity index (χ2v) is 7.80. The summed E-state index contributed by atoms with van der Waals surface area (Å²) in [6.07, 6.45) is 3.20. The van der Waals surface area contributed by atoms with Crippen LogP contribution in [0.4, 0.5) is 0 Å². The van der Waals surface area contributed by atoms with Crippen LogP contribution in [0.25, 0.3) is 28.2 Å². The number of hydrogen-bond acceptors (Lipinski definition) is 7.